The average molecular weight is 480 g/mol. The lowest BCUT2D eigenvalue weighted by molar-refractivity contribution is 0.207. The van der Waals surface area contributed by atoms with Crippen molar-refractivity contribution in [2.24, 2.45) is 0 Å². The van der Waals surface area contributed by atoms with Crippen LogP contribution in [0.2, 0.25) is 0 Å². The van der Waals surface area contributed by atoms with Crippen LogP contribution in [0.15, 0.2) is 82.5 Å². The van der Waals surface area contributed by atoms with Gasteiger partial charge in [0.15, 0.2) is 9.84 Å². The Kier molecular flexibility index (Phi) is 5.55. The number of benzene rings is 3. The smallest absolute Gasteiger partial charge is 0.258 e. The van der Waals surface area contributed by atoms with Crippen LogP contribution < -0.4 is 15.0 Å². The predicted molar refractivity (Wildman–Crippen MR) is 128 cm³/mol. The van der Waals surface area contributed by atoms with Crippen LogP contribution in [-0.2, 0) is 16.3 Å². The maximum Gasteiger partial charge on any atom is 0.258 e. The van der Waals surface area contributed by atoms with Crippen molar-refractivity contribution in [2.75, 3.05) is 6.26 Å². The molecule has 6 nitrogen and oxygen atoms in total. The van der Waals surface area contributed by atoms with Gasteiger partial charge in [-0.1, -0.05) is 23.7 Å². The first-order valence-electron chi connectivity index (χ1n) is 10.4. The maximum absolute atomic E-state index is 11.7. The van der Waals surface area contributed by atoms with Gasteiger partial charge in [0.2, 0.25) is 0 Å². The van der Waals surface area contributed by atoms with Crippen molar-refractivity contribution in [3.8, 4) is 27.7 Å². The van der Waals surface area contributed by atoms with E-state index in [0.717, 1.165) is 45.9 Å². The van der Waals surface area contributed by atoms with Gasteiger partial charge < -0.3 is 9.47 Å². The second kappa shape index (κ2) is 8.53. The van der Waals surface area contributed by atoms with Gasteiger partial charge in [-0.2, -0.15) is 0 Å². The first-order valence-corrected chi connectivity index (χ1v) is 13.1. The Morgan fingerprint density at radius 1 is 0.970 bits per heavy atom. The van der Waals surface area contributed by atoms with E-state index < -0.39 is 9.84 Å². The average Bonchev–Trinajstić information content (AvgIpc) is 3.41. The fourth-order valence-corrected chi connectivity index (χ4v) is 5.29. The minimum Gasteiger partial charge on any atom is -0.486 e. The molecule has 0 fully saturated rings. The number of aromatic nitrogens is 1. The van der Waals surface area contributed by atoms with E-state index >= 15 is 0 Å². The van der Waals surface area contributed by atoms with Gasteiger partial charge >= 0.3 is 0 Å². The summed E-state index contributed by atoms with van der Waals surface area (Å²) >= 11 is 1.31. The van der Waals surface area contributed by atoms with Crippen molar-refractivity contribution >= 4 is 21.4 Å². The Morgan fingerprint density at radius 2 is 1.70 bits per heavy atom. The number of sulfone groups is 1. The highest BCUT2D eigenvalue weighted by Gasteiger charge is 2.27. The number of ether oxygens (including phenoxy) is 2. The van der Waals surface area contributed by atoms with Gasteiger partial charge in [0, 0.05) is 17.9 Å². The standard InChI is InChI=1S/C25H21NO5S2/c1-33(28,29)19-11-9-18(10-12-19)30-22-4-2-3-20-21(22)13-14-23(20)31-17-7-5-16(6-8-17)24-15-25(27)26-32-24/h2-12,15,23H,13-14H2,1H3,(H,26,27)/t23-/m1/s1. The van der Waals surface area contributed by atoms with Gasteiger partial charge in [0.25, 0.3) is 5.56 Å². The van der Waals surface area contributed by atoms with Crippen LogP contribution in [0.4, 0.5) is 0 Å². The number of aromatic amines is 1. The van der Waals surface area contributed by atoms with Crippen molar-refractivity contribution in [3.63, 3.8) is 0 Å². The van der Waals surface area contributed by atoms with Gasteiger partial charge in [-0.3, -0.25) is 9.17 Å². The van der Waals surface area contributed by atoms with E-state index in [1.54, 1.807) is 30.3 Å². The fourth-order valence-electron chi connectivity index (χ4n) is 3.97. The van der Waals surface area contributed by atoms with E-state index in [1.165, 1.54) is 17.8 Å². The number of hydrogen-bond donors (Lipinski definition) is 1. The van der Waals surface area contributed by atoms with E-state index in [9.17, 15) is 13.2 Å². The summed E-state index contributed by atoms with van der Waals surface area (Å²) < 4.78 is 38.4. The van der Waals surface area contributed by atoms with Crippen molar-refractivity contribution in [3.05, 3.63) is 94.3 Å². The summed E-state index contributed by atoms with van der Waals surface area (Å²) in [6, 6.07) is 21.7. The molecular formula is C25H21NO5S2. The summed E-state index contributed by atoms with van der Waals surface area (Å²) in [7, 11) is -3.24. The second-order valence-corrected chi connectivity index (χ2v) is 10.8. The number of hydrogen-bond acceptors (Lipinski definition) is 6. The molecule has 0 saturated heterocycles. The van der Waals surface area contributed by atoms with Crippen molar-refractivity contribution in [1.82, 2.24) is 4.37 Å². The molecule has 4 aromatic rings. The van der Waals surface area contributed by atoms with Gasteiger partial charge in [0.1, 0.15) is 23.4 Å². The minimum atomic E-state index is -3.24. The minimum absolute atomic E-state index is 0.0784. The Labute approximate surface area is 195 Å². The summed E-state index contributed by atoms with van der Waals surface area (Å²) in [6.07, 6.45) is 2.77. The summed E-state index contributed by atoms with van der Waals surface area (Å²) in [5, 5.41) is 0. The summed E-state index contributed by atoms with van der Waals surface area (Å²) in [5.41, 5.74) is 3.06. The Hall–Kier alpha value is -3.36. The molecule has 1 aliphatic rings. The van der Waals surface area contributed by atoms with E-state index in [4.69, 9.17) is 9.47 Å². The summed E-state index contributed by atoms with van der Waals surface area (Å²) in [5.74, 6) is 2.10. The summed E-state index contributed by atoms with van der Waals surface area (Å²) in [4.78, 5) is 12.5. The van der Waals surface area contributed by atoms with E-state index in [1.807, 2.05) is 36.4 Å². The maximum atomic E-state index is 11.7. The highest BCUT2D eigenvalue weighted by Crippen LogP contribution is 2.41. The predicted octanol–water partition coefficient (Wildman–Crippen LogP) is 5.37. The van der Waals surface area contributed by atoms with Gasteiger partial charge in [-0.15, -0.1) is 0 Å². The Bertz CT molecular complexity index is 1450. The molecule has 168 valence electrons. The molecule has 0 amide bonds. The van der Waals surface area contributed by atoms with E-state index in [2.05, 4.69) is 10.4 Å². The molecule has 0 unspecified atom stereocenters. The molecular weight excluding hydrogens is 458 g/mol. The molecule has 3 aromatic carbocycles. The molecule has 0 spiro atoms. The molecule has 1 aromatic heterocycles. The highest BCUT2D eigenvalue weighted by atomic mass is 32.2. The van der Waals surface area contributed by atoms with Crippen molar-refractivity contribution in [2.45, 2.75) is 23.8 Å². The quantitative estimate of drug-likeness (QED) is 0.402. The highest BCUT2D eigenvalue weighted by molar-refractivity contribution is 7.90. The van der Waals surface area contributed by atoms with Gasteiger partial charge in [-0.05, 0) is 78.6 Å². The van der Waals surface area contributed by atoms with Crippen LogP contribution in [-0.4, -0.2) is 19.0 Å². The van der Waals surface area contributed by atoms with Crippen LogP contribution in [0.5, 0.6) is 17.2 Å². The van der Waals surface area contributed by atoms with Gasteiger partial charge in [-0.25, -0.2) is 8.42 Å². The molecule has 0 radical (unpaired) electrons. The van der Waals surface area contributed by atoms with Crippen molar-refractivity contribution < 1.29 is 17.9 Å². The lowest BCUT2D eigenvalue weighted by Gasteiger charge is -2.16. The molecule has 1 heterocycles. The number of rotatable bonds is 6. The van der Waals surface area contributed by atoms with E-state index in [0.29, 0.717) is 5.75 Å². The van der Waals surface area contributed by atoms with Crippen LogP contribution in [0, 0.1) is 0 Å². The Morgan fingerprint density at radius 3 is 2.36 bits per heavy atom. The zero-order chi connectivity index (χ0) is 23.0. The fraction of sp³-hybridized carbons (Fsp3) is 0.160. The number of H-pyrrole nitrogens is 1. The van der Waals surface area contributed by atoms with Gasteiger partial charge in [0.05, 0.1) is 9.77 Å². The van der Waals surface area contributed by atoms with Crippen LogP contribution in [0.3, 0.4) is 0 Å². The molecule has 33 heavy (non-hydrogen) atoms. The van der Waals surface area contributed by atoms with Crippen molar-refractivity contribution in [1.29, 1.82) is 0 Å². The molecule has 1 N–H and O–H groups in total. The Balaban J connectivity index is 1.32. The third-order valence-electron chi connectivity index (χ3n) is 5.59. The lowest BCUT2D eigenvalue weighted by Crippen LogP contribution is -2.03. The zero-order valence-corrected chi connectivity index (χ0v) is 19.4. The van der Waals surface area contributed by atoms with Crippen LogP contribution >= 0.6 is 11.5 Å². The second-order valence-electron chi connectivity index (χ2n) is 7.92. The van der Waals surface area contributed by atoms with E-state index in [-0.39, 0.29) is 16.6 Å². The first-order chi connectivity index (χ1) is 15.9. The zero-order valence-electron chi connectivity index (χ0n) is 17.8. The van der Waals surface area contributed by atoms with Crippen LogP contribution in [0.25, 0.3) is 10.4 Å². The molecule has 5 rings (SSSR count). The number of fused-ring (bicyclic) bond motifs is 1. The normalized spacial score (nSPS) is 15.2. The molecule has 1 aliphatic carbocycles. The SMILES string of the molecule is CS(=O)(=O)c1ccc(Oc2cccc3c2CC[C@H]3Oc2ccc(-c3cc(=O)[nH]s3)cc2)cc1. The lowest BCUT2D eigenvalue weighted by atomic mass is 10.1. The first kappa shape index (κ1) is 21.5. The van der Waals surface area contributed by atoms with Crippen LogP contribution in [0.1, 0.15) is 23.7 Å². The number of nitrogens with one attached hydrogen (secondary N) is 1. The molecule has 0 saturated carbocycles. The molecule has 0 aliphatic heterocycles. The third kappa shape index (κ3) is 4.58. The monoisotopic (exact) mass is 479 g/mol. The topological polar surface area (TPSA) is 85.5 Å². The molecule has 0 bridgehead atoms. The largest absolute Gasteiger partial charge is 0.486 e. The third-order valence-corrected chi connectivity index (χ3v) is 7.60. The molecule has 8 heteroatoms. The molecule has 1 atom stereocenters. The summed E-state index contributed by atoms with van der Waals surface area (Å²) in [6.45, 7) is 0.